The molecule has 0 aliphatic heterocycles. The zero-order valence-electron chi connectivity index (χ0n) is 7.69. The van der Waals surface area contributed by atoms with E-state index in [1.165, 1.54) is 0 Å². The molecule has 3 nitrogen and oxygen atoms in total. The summed E-state index contributed by atoms with van der Waals surface area (Å²) in [6, 6.07) is 7.35. The molecule has 0 radical (unpaired) electrons. The smallest absolute Gasteiger partial charge is 0.338 e. The van der Waals surface area contributed by atoms with Crippen molar-refractivity contribution in [2.75, 3.05) is 0 Å². The number of carboxylic acid groups (broad SMARTS) is 1. The summed E-state index contributed by atoms with van der Waals surface area (Å²) in [5, 5.41) is 10.6. The molecule has 0 bridgehead atoms. The number of aryl methyl sites for hydroxylation is 1. The third-order valence-corrected chi connectivity index (χ3v) is 2.20. The van der Waals surface area contributed by atoms with Gasteiger partial charge in [-0.05, 0) is 12.3 Å². The zero-order valence-corrected chi connectivity index (χ0v) is 7.69. The molecule has 70 valence electrons. The van der Waals surface area contributed by atoms with E-state index >= 15 is 0 Å². The largest absolute Gasteiger partial charge is 0.478 e. The summed E-state index contributed by atoms with van der Waals surface area (Å²) in [6.45, 7) is 1.70. The number of aromatic nitrogens is 1. The monoisotopic (exact) mass is 187 g/mol. The van der Waals surface area contributed by atoms with Crippen molar-refractivity contribution >= 4 is 16.7 Å². The number of hydrogen-bond donors (Lipinski definition) is 1. The molecule has 0 unspecified atom stereocenters. The number of pyridine rings is 1. The lowest BCUT2D eigenvalue weighted by Crippen LogP contribution is -2.02. The lowest BCUT2D eigenvalue weighted by Gasteiger charge is -2.04. The summed E-state index contributed by atoms with van der Waals surface area (Å²) in [4.78, 5) is 15.0. The van der Waals surface area contributed by atoms with Crippen molar-refractivity contribution in [3.05, 3.63) is 41.7 Å². The summed E-state index contributed by atoms with van der Waals surface area (Å²) in [6.07, 6.45) is 1.69. The molecule has 0 aliphatic carbocycles. The number of nitrogens with zero attached hydrogens (tertiary/aromatic N) is 1. The third-order valence-electron chi connectivity index (χ3n) is 2.20. The van der Waals surface area contributed by atoms with E-state index in [0.717, 1.165) is 10.8 Å². The minimum absolute atomic E-state index is 0.295. The Kier molecular flexibility index (Phi) is 1.93. The SMILES string of the molecule is Cc1ncc2ccccc2c1C(=O)O. The number of benzene rings is 1. The molecule has 1 aromatic heterocycles. The molecule has 0 saturated carbocycles. The van der Waals surface area contributed by atoms with Crippen LogP contribution < -0.4 is 0 Å². The van der Waals surface area contributed by atoms with Crippen LogP contribution in [0.1, 0.15) is 16.1 Å². The second-order valence-electron chi connectivity index (χ2n) is 3.11. The molecule has 3 heteroatoms. The minimum Gasteiger partial charge on any atom is -0.478 e. The molecule has 0 fully saturated rings. The standard InChI is InChI=1S/C11H9NO2/c1-7-10(11(13)14)9-5-3-2-4-8(9)6-12-7/h2-6H,1H3,(H,13,14). The fraction of sp³-hybridized carbons (Fsp3) is 0.0909. The highest BCUT2D eigenvalue weighted by atomic mass is 16.4. The van der Waals surface area contributed by atoms with Gasteiger partial charge in [0.2, 0.25) is 0 Å². The van der Waals surface area contributed by atoms with Crippen LogP contribution in [-0.2, 0) is 0 Å². The second kappa shape index (κ2) is 3.10. The van der Waals surface area contributed by atoms with Gasteiger partial charge in [-0.1, -0.05) is 24.3 Å². The lowest BCUT2D eigenvalue weighted by molar-refractivity contribution is 0.0698. The lowest BCUT2D eigenvalue weighted by atomic mass is 10.1. The Hall–Kier alpha value is -1.90. The van der Waals surface area contributed by atoms with Gasteiger partial charge in [-0.25, -0.2) is 4.79 Å². The number of rotatable bonds is 1. The Morgan fingerprint density at radius 1 is 1.36 bits per heavy atom. The molecular formula is C11H9NO2. The topological polar surface area (TPSA) is 50.2 Å². The van der Waals surface area contributed by atoms with Crippen LogP contribution in [0.3, 0.4) is 0 Å². The maximum absolute atomic E-state index is 11.0. The minimum atomic E-state index is -0.924. The normalized spacial score (nSPS) is 10.4. The van der Waals surface area contributed by atoms with Crippen LogP contribution in [0.2, 0.25) is 0 Å². The van der Waals surface area contributed by atoms with Crippen molar-refractivity contribution < 1.29 is 9.90 Å². The van der Waals surface area contributed by atoms with Gasteiger partial charge in [0.25, 0.3) is 0 Å². The van der Waals surface area contributed by atoms with E-state index in [9.17, 15) is 4.79 Å². The number of carbonyl (C=O) groups is 1. The van der Waals surface area contributed by atoms with E-state index < -0.39 is 5.97 Å². The quantitative estimate of drug-likeness (QED) is 0.744. The molecule has 0 atom stereocenters. The van der Waals surface area contributed by atoms with Gasteiger partial charge in [0.15, 0.2) is 0 Å². The zero-order chi connectivity index (χ0) is 10.1. The number of hydrogen-bond acceptors (Lipinski definition) is 2. The van der Waals surface area contributed by atoms with Gasteiger partial charge in [-0.15, -0.1) is 0 Å². The molecule has 2 aromatic rings. The van der Waals surface area contributed by atoms with Gasteiger partial charge >= 0.3 is 5.97 Å². The first kappa shape index (κ1) is 8.69. The van der Waals surface area contributed by atoms with E-state index in [1.807, 2.05) is 18.2 Å². The van der Waals surface area contributed by atoms with Gasteiger partial charge in [0, 0.05) is 11.6 Å². The molecule has 1 heterocycles. The van der Waals surface area contributed by atoms with Crippen molar-refractivity contribution in [3.8, 4) is 0 Å². The van der Waals surface area contributed by atoms with Crippen molar-refractivity contribution in [2.45, 2.75) is 6.92 Å². The van der Waals surface area contributed by atoms with Gasteiger partial charge in [0.05, 0.1) is 11.3 Å². The van der Waals surface area contributed by atoms with Crippen LogP contribution in [0, 0.1) is 6.92 Å². The summed E-state index contributed by atoms with van der Waals surface area (Å²) in [5.74, 6) is -0.924. The van der Waals surface area contributed by atoms with E-state index in [4.69, 9.17) is 5.11 Å². The van der Waals surface area contributed by atoms with Gasteiger partial charge in [-0.3, -0.25) is 4.98 Å². The maximum Gasteiger partial charge on any atom is 0.338 e. The van der Waals surface area contributed by atoms with Crippen LogP contribution in [0.25, 0.3) is 10.8 Å². The average molecular weight is 187 g/mol. The molecular weight excluding hydrogens is 178 g/mol. The van der Waals surface area contributed by atoms with Gasteiger partial charge < -0.3 is 5.11 Å². The molecule has 0 aliphatic rings. The second-order valence-corrected chi connectivity index (χ2v) is 3.11. The number of carboxylic acids is 1. The summed E-state index contributed by atoms with van der Waals surface area (Å²) < 4.78 is 0. The molecule has 0 spiro atoms. The van der Waals surface area contributed by atoms with Gasteiger partial charge in [0.1, 0.15) is 0 Å². The molecule has 0 saturated heterocycles. The van der Waals surface area contributed by atoms with Crippen molar-refractivity contribution in [1.29, 1.82) is 0 Å². The first-order valence-corrected chi connectivity index (χ1v) is 4.28. The maximum atomic E-state index is 11.0. The summed E-state index contributed by atoms with van der Waals surface area (Å²) >= 11 is 0. The first-order chi connectivity index (χ1) is 6.70. The van der Waals surface area contributed by atoms with Crippen molar-refractivity contribution in [1.82, 2.24) is 4.98 Å². The summed E-state index contributed by atoms with van der Waals surface area (Å²) in [5.41, 5.74) is 0.847. The fourth-order valence-electron chi connectivity index (χ4n) is 1.53. The number of fused-ring (bicyclic) bond motifs is 1. The Morgan fingerprint density at radius 2 is 2.07 bits per heavy atom. The highest BCUT2D eigenvalue weighted by Crippen LogP contribution is 2.19. The van der Waals surface area contributed by atoms with Crippen LogP contribution in [0.15, 0.2) is 30.5 Å². The Bertz CT molecular complexity index is 506. The van der Waals surface area contributed by atoms with E-state index in [1.54, 1.807) is 19.2 Å². The fourth-order valence-corrected chi connectivity index (χ4v) is 1.53. The Labute approximate surface area is 81.0 Å². The highest BCUT2D eigenvalue weighted by Gasteiger charge is 2.11. The van der Waals surface area contributed by atoms with Gasteiger partial charge in [-0.2, -0.15) is 0 Å². The van der Waals surface area contributed by atoms with E-state index in [0.29, 0.717) is 11.3 Å². The molecule has 1 N–H and O–H groups in total. The first-order valence-electron chi connectivity index (χ1n) is 4.28. The van der Waals surface area contributed by atoms with E-state index in [-0.39, 0.29) is 0 Å². The van der Waals surface area contributed by atoms with Crippen LogP contribution in [0.4, 0.5) is 0 Å². The van der Waals surface area contributed by atoms with Crippen LogP contribution in [-0.4, -0.2) is 16.1 Å². The predicted octanol–water partition coefficient (Wildman–Crippen LogP) is 2.24. The van der Waals surface area contributed by atoms with Crippen molar-refractivity contribution in [2.24, 2.45) is 0 Å². The molecule has 1 aromatic carbocycles. The summed E-state index contributed by atoms with van der Waals surface area (Å²) in [7, 11) is 0. The molecule has 14 heavy (non-hydrogen) atoms. The Balaban J connectivity index is 2.90. The third kappa shape index (κ3) is 1.23. The number of aromatic carboxylic acids is 1. The molecule has 2 rings (SSSR count). The predicted molar refractivity (Wildman–Crippen MR) is 53.4 cm³/mol. The molecule has 0 amide bonds. The van der Waals surface area contributed by atoms with Crippen LogP contribution in [0.5, 0.6) is 0 Å². The average Bonchev–Trinajstić information content (AvgIpc) is 2.17. The Morgan fingerprint density at radius 3 is 2.79 bits per heavy atom. The highest BCUT2D eigenvalue weighted by molar-refractivity contribution is 6.04. The van der Waals surface area contributed by atoms with Crippen LogP contribution >= 0.6 is 0 Å². The van der Waals surface area contributed by atoms with Crippen molar-refractivity contribution in [3.63, 3.8) is 0 Å². The van der Waals surface area contributed by atoms with E-state index in [2.05, 4.69) is 4.98 Å².